The first kappa shape index (κ1) is 15.7. The third-order valence-corrected chi connectivity index (χ3v) is 5.22. The van der Waals surface area contributed by atoms with Gasteiger partial charge in [0.05, 0.1) is 0 Å². The van der Waals surface area contributed by atoms with E-state index in [-0.39, 0.29) is 5.41 Å². The first-order chi connectivity index (χ1) is 12.4. The molecule has 1 aliphatic carbocycles. The Balaban J connectivity index is 1.94. The summed E-state index contributed by atoms with van der Waals surface area (Å²) in [7, 11) is 0. The largest absolute Gasteiger partial charge is 0.0764 e. The molecule has 0 nitrogen and oxygen atoms in total. The molecule has 0 aliphatic heterocycles. The summed E-state index contributed by atoms with van der Waals surface area (Å²) in [6.45, 7) is 0. The first-order valence-corrected chi connectivity index (χ1v) is 8.89. The summed E-state index contributed by atoms with van der Waals surface area (Å²) in [5, 5.41) is 0. The van der Waals surface area contributed by atoms with Gasteiger partial charge in [-0.3, -0.25) is 0 Å². The number of hydrogen-bond donors (Lipinski definition) is 0. The van der Waals surface area contributed by atoms with Crippen molar-refractivity contribution in [1.82, 2.24) is 0 Å². The fourth-order valence-corrected chi connectivity index (χ4v) is 4.02. The molecule has 3 aromatic carbocycles. The molecule has 4 rings (SSSR count). The van der Waals surface area contributed by atoms with E-state index < -0.39 is 0 Å². The Morgan fingerprint density at radius 3 is 1.48 bits per heavy atom. The van der Waals surface area contributed by atoms with Crippen LogP contribution in [0, 0.1) is 5.92 Å². The van der Waals surface area contributed by atoms with Crippen molar-refractivity contribution in [2.75, 3.05) is 0 Å². The Kier molecular flexibility index (Phi) is 4.35. The topological polar surface area (TPSA) is 0 Å². The Morgan fingerprint density at radius 2 is 1.00 bits per heavy atom. The summed E-state index contributed by atoms with van der Waals surface area (Å²) < 4.78 is 0. The number of rotatable bonds is 5. The van der Waals surface area contributed by atoms with Crippen LogP contribution in [0.15, 0.2) is 115 Å². The van der Waals surface area contributed by atoms with Gasteiger partial charge in [-0.15, -0.1) is 0 Å². The second kappa shape index (κ2) is 6.94. The normalized spacial score (nSPS) is 14.1. The predicted molar refractivity (Wildman–Crippen MR) is 106 cm³/mol. The third-order valence-electron chi connectivity index (χ3n) is 5.22. The molecule has 122 valence electrons. The van der Waals surface area contributed by atoms with Crippen molar-refractivity contribution < 1.29 is 0 Å². The SMILES string of the molecule is C1=CC(C(Cc2ccccc2)(c2ccccc2)c2ccccc2)C=C1. The molecule has 0 fully saturated rings. The van der Waals surface area contributed by atoms with Gasteiger partial charge in [-0.25, -0.2) is 0 Å². The van der Waals surface area contributed by atoms with Crippen LogP contribution in [0.1, 0.15) is 16.7 Å². The van der Waals surface area contributed by atoms with Crippen LogP contribution in [0.2, 0.25) is 0 Å². The molecule has 0 heteroatoms. The first-order valence-electron chi connectivity index (χ1n) is 8.89. The lowest BCUT2D eigenvalue weighted by molar-refractivity contribution is 0.438. The van der Waals surface area contributed by atoms with Gasteiger partial charge in [0.15, 0.2) is 0 Å². The van der Waals surface area contributed by atoms with Gasteiger partial charge in [0.25, 0.3) is 0 Å². The van der Waals surface area contributed by atoms with Crippen molar-refractivity contribution in [1.29, 1.82) is 0 Å². The highest BCUT2D eigenvalue weighted by Gasteiger charge is 2.40. The van der Waals surface area contributed by atoms with Gasteiger partial charge in [0.1, 0.15) is 0 Å². The summed E-state index contributed by atoms with van der Waals surface area (Å²) in [6.07, 6.45) is 10.00. The molecule has 25 heavy (non-hydrogen) atoms. The molecule has 0 saturated carbocycles. The van der Waals surface area contributed by atoms with Crippen LogP contribution in [0.5, 0.6) is 0 Å². The summed E-state index contributed by atoms with van der Waals surface area (Å²) in [5.41, 5.74) is 3.99. The highest BCUT2D eigenvalue weighted by Crippen LogP contribution is 2.44. The monoisotopic (exact) mass is 322 g/mol. The number of hydrogen-bond acceptors (Lipinski definition) is 0. The lowest BCUT2D eigenvalue weighted by Gasteiger charge is -2.39. The van der Waals surface area contributed by atoms with Crippen LogP contribution < -0.4 is 0 Å². The van der Waals surface area contributed by atoms with E-state index in [2.05, 4.69) is 115 Å². The predicted octanol–water partition coefficient (Wildman–Crippen LogP) is 5.96. The van der Waals surface area contributed by atoms with Gasteiger partial charge in [-0.1, -0.05) is 115 Å². The van der Waals surface area contributed by atoms with Crippen LogP contribution in [0.3, 0.4) is 0 Å². The number of allylic oxidation sites excluding steroid dienone is 4. The Hall–Kier alpha value is -2.86. The fourth-order valence-electron chi connectivity index (χ4n) is 4.02. The second-order valence-electron chi connectivity index (χ2n) is 6.66. The fraction of sp³-hybridized carbons (Fsp3) is 0.120. The van der Waals surface area contributed by atoms with Crippen molar-refractivity contribution in [3.8, 4) is 0 Å². The molecule has 0 saturated heterocycles. The van der Waals surface area contributed by atoms with Crippen LogP contribution >= 0.6 is 0 Å². The zero-order valence-corrected chi connectivity index (χ0v) is 14.3. The van der Waals surface area contributed by atoms with E-state index in [0.717, 1.165) is 6.42 Å². The minimum atomic E-state index is -0.104. The van der Waals surface area contributed by atoms with E-state index in [1.54, 1.807) is 0 Å². The van der Waals surface area contributed by atoms with Gasteiger partial charge >= 0.3 is 0 Å². The van der Waals surface area contributed by atoms with E-state index in [4.69, 9.17) is 0 Å². The Labute approximate surface area is 150 Å². The summed E-state index contributed by atoms with van der Waals surface area (Å²) in [5.74, 6) is 0.345. The summed E-state index contributed by atoms with van der Waals surface area (Å²) in [6, 6.07) is 32.7. The van der Waals surface area contributed by atoms with Gasteiger partial charge in [-0.2, -0.15) is 0 Å². The van der Waals surface area contributed by atoms with E-state index in [0.29, 0.717) is 5.92 Å². The van der Waals surface area contributed by atoms with Gasteiger partial charge in [0, 0.05) is 11.3 Å². The maximum atomic E-state index is 2.34. The van der Waals surface area contributed by atoms with Crippen LogP contribution in [-0.2, 0) is 11.8 Å². The molecule has 3 aromatic rings. The van der Waals surface area contributed by atoms with E-state index in [9.17, 15) is 0 Å². The Bertz CT molecular complexity index is 806. The second-order valence-corrected chi connectivity index (χ2v) is 6.66. The molecule has 1 aliphatic rings. The van der Waals surface area contributed by atoms with Crippen molar-refractivity contribution >= 4 is 0 Å². The molecule has 0 atom stereocenters. The molecule has 0 heterocycles. The molecule has 0 bridgehead atoms. The van der Waals surface area contributed by atoms with Crippen LogP contribution in [-0.4, -0.2) is 0 Å². The van der Waals surface area contributed by atoms with E-state index in [1.807, 2.05) is 0 Å². The minimum Gasteiger partial charge on any atom is -0.0764 e. The van der Waals surface area contributed by atoms with Crippen molar-refractivity contribution in [3.63, 3.8) is 0 Å². The molecule has 0 unspecified atom stereocenters. The maximum absolute atomic E-state index is 2.34. The van der Waals surface area contributed by atoms with E-state index >= 15 is 0 Å². The van der Waals surface area contributed by atoms with Gasteiger partial charge in [0.2, 0.25) is 0 Å². The molecule has 0 N–H and O–H groups in total. The standard InChI is InChI=1S/C25H22/c1-4-12-21(13-5-1)20-25(24-18-10-11-19-24,22-14-6-2-7-15-22)23-16-8-3-9-17-23/h1-19,24H,20H2. The molecular weight excluding hydrogens is 300 g/mol. The third kappa shape index (κ3) is 2.96. The average molecular weight is 322 g/mol. The summed E-state index contributed by atoms with van der Waals surface area (Å²) in [4.78, 5) is 0. The van der Waals surface area contributed by atoms with Gasteiger partial charge < -0.3 is 0 Å². The highest BCUT2D eigenvalue weighted by molar-refractivity contribution is 5.47. The average Bonchev–Trinajstić information content (AvgIpc) is 3.23. The minimum absolute atomic E-state index is 0.104. The quantitative estimate of drug-likeness (QED) is 0.544. The zero-order chi connectivity index (χ0) is 17.0. The smallest absolute Gasteiger partial charge is 0.0340 e. The molecule has 0 spiro atoms. The highest BCUT2D eigenvalue weighted by atomic mass is 14.4. The van der Waals surface area contributed by atoms with Crippen molar-refractivity contribution in [3.05, 3.63) is 132 Å². The zero-order valence-electron chi connectivity index (χ0n) is 14.3. The lowest BCUT2D eigenvalue weighted by Crippen LogP contribution is -2.37. The number of benzene rings is 3. The van der Waals surface area contributed by atoms with Crippen molar-refractivity contribution in [2.45, 2.75) is 11.8 Å². The molecular formula is C25H22. The molecule has 0 aromatic heterocycles. The van der Waals surface area contributed by atoms with Crippen molar-refractivity contribution in [2.24, 2.45) is 5.92 Å². The molecule has 0 radical (unpaired) electrons. The maximum Gasteiger partial charge on any atom is 0.0340 e. The Morgan fingerprint density at radius 1 is 0.560 bits per heavy atom. The lowest BCUT2D eigenvalue weighted by atomic mass is 9.63. The summed E-state index contributed by atoms with van der Waals surface area (Å²) >= 11 is 0. The van der Waals surface area contributed by atoms with E-state index in [1.165, 1.54) is 16.7 Å². The molecule has 0 amide bonds. The van der Waals surface area contributed by atoms with Gasteiger partial charge in [-0.05, 0) is 23.1 Å². The van der Waals surface area contributed by atoms with Crippen LogP contribution in [0.4, 0.5) is 0 Å². The van der Waals surface area contributed by atoms with Crippen LogP contribution in [0.25, 0.3) is 0 Å².